The van der Waals surface area contributed by atoms with Crippen molar-refractivity contribution in [3.8, 4) is 12.3 Å². The molecule has 8 heteroatoms. The van der Waals surface area contributed by atoms with Crippen LogP contribution < -0.4 is 10.2 Å². The Hall–Kier alpha value is -2.79. The SMILES string of the molecule is C#CC(=O)N(c1cccc([N+](=O)[O-])c1)C(C(=O)NC1CCCCC1)C1=CC(C)CS1. The second kappa shape index (κ2) is 9.81. The quantitative estimate of drug-likeness (QED) is 0.425. The number of hydrogen-bond acceptors (Lipinski definition) is 5. The van der Waals surface area contributed by atoms with Crippen LogP contribution in [0, 0.1) is 28.4 Å². The number of nitro groups is 1. The van der Waals surface area contributed by atoms with E-state index in [0.29, 0.717) is 0 Å². The highest BCUT2D eigenvalue weighted by Gasteiger charge is 2.37. The van der Waals surface area contributed by atoms with E-state index in [9.17, 15) is 19.7 Å². The van der Waals surface area contributed by atoms with Gasteiger partial charge in [-0.2, -0.15) is 0 Å². The van der Waals surface area contributed by atoms with Crippen LogP contribution in [-0.4, -0.2) is 34.6 Å². The van der Waals surface area contributed by atoms with Gasteiger partial charge in [0.25, 0.3) is 5.69 Å². The molecule has 3 rings (SSSR count). The molecule has 1 aromatic carbocycles. The first-order chi connectivity index (χ1) is 14.4. The molecule has 1 heterocycles. The summed E-state index contributed by atoms with van der Waals surface area (Å²) in [5.41, 5.74) is 0.0622. The molecule has 0 bridgehead atoms. The number of rotatable bonds is 6. The van der Waals surface area contributed by atoms with E-state index >= 15 is 0 Å². The van der Waals surface area contributed by atoms with Crippen LogP contribution >= 0.6 is 11.8 Å². The summed E-state index contributed by atoms with van der Waals surface area (Å²) in [5.74, 6) is 2.13. The molecule has 0 saturated heterocycles. The average Bonchev–Trinajstić information content (AvgIpc) is 3.17. The van der Waals surface area contributed by atoms with Crippen LogP contribution in [-0.2, 0) is 9.59 Å². The maximum atomic E-state index is 13.4. The Morgan fingerprint density at radius 1 is 1.33 bits per heavy atom. The molecule has 30 heavy (non-hydrogen) atoms. The van der Waals surface area contributed by atoms with E-state index in [-0.39, 0.29) is 29.2 Å². The molecule has 0 radical (unpaired) electrons. The summed E-state index contributed by atoms with van der Waals surface area (Å²) in [6.07, 6.45) is 12.5. The number of non-ortho nitro benzene ring substituents is 1. The summed E-state index contributed by atoms with van der Waals surface area (Å²) in [4.78, 5) is 38.8. The first-order valence-corrected chi connectivity index (χ1v) is 11.1. The molecule has 158 valence electrons. The molecule has 7 nitrogen and oxygen atoms in total. The smallest absolute Gasteiger partial charge is 0.303 e. The number of carbonyl (C=O) groups excluding carboxylic acids is 2. The van der Waals surface area contributed by atoms with E-state index in [1.807, 2.05) is 13.0 Å². The fourth-order valence-corrected chi connectivity index (χ4v) is 5.14. The first kappa shape index (κ1) is 21.9. The number of nitrogens with zero attached hydrogens (tertiary/aromatic N) is 2. The van der Waals surface area contributed by atoms with Gasteiger partial charge in [-0.05, 0) is 30.7 Å². The van der Waals surface area contributed by atoms with Crippen molar-refractivity contribution in [2.75, 3.05) is 10.7 Å². The Morgan fingerprint density at radius 3 is 2.67 bits per heavy atom. The van der Waals surface area contributed by atoms with Crippen LogP contribution in [0.25, 0.3) is 0 Å². The zero-order valence-corrected chi connectivity index (χ0v) is 17.7. The van der Waals surface area contributed by atoms with Crippen LogP contribution in [0.5, 0.6) is 0 Å². The number of allylic oxidation sites excluding steroid dienone is 1. The van der Waals surface area contributed by atoms with Crippen molar-refractivity contribution in [3.05, 3.63) is 45.4 Å². The number of terminal acetylenes is 1. The van der Waals surface area contributed by atoms with Gasteiger partial charge in [0.1, 0.15) is 6.04 Å². The van der Waals surface area contributed by atoms with Gasteiger partial charge in [0.05, 0.1) is 10.6 Å². The van der Waals surface area contributed by atoms with Crippen LogP contribution in [0.1, 0.15) is 39.0 Å². The molecule has 1 saturated carbocycles. The molecule has 0 spiro atoms. The van der Waals surface area contributed by atoms with E-state index in [4.69, 9.17) is 6.42 Å². The number of carbonyl (C=O) groups is 2. The fraction of sp³-hybridized carbons (Fsp3) is 0.455. The summed E-state index contributed by atoms with van der Waals surface area (Å²) >= 11 is 1.51. The predicted molar refractivity (Wildman–Crippen MR) is 118 cm³/mol. The normalized spacial score (nSPS) is 20.0. The Bertz CT molecular complexity index is 902. The lowest BCUT2D eigenvalue weighted by Gasteiger charge is -2.32. The molecule has 1 aliphatic carbocycles. The lowest BCUT2D eigenvalue weighted by Crippen LogP contribution is -2.52. The second-order valence-corrected chi connectivity index (χ2v) is 8.79. The topological polar surface area (TPSA) is 92.6 Å². The van der Waals surface area contributed by atoms with Gasteiger partial charge < -0.3 is 5.32 Å². The lowest BCUT2D eigenvalue weighted by atomic mass is 9.95. The molecule has 0 aromatic heterocycles. The zero-order valence-electron chi connectivity index (χ0n) is 16.9. The standard InChI is InChI=1S/C22H25N3O4S/c1-3-20(26)24(17-10-7-11-18(13-17)25(28)29)21(19-12-15(2)14-30-19)22(27)23-16-8-5-4-6-9-16/h1,7,10-13,15-16,21H,4-6,8-9,14H2,2H3,(H,23,27). The van der Waals surface area contributed by atoms with Crippen LogP contribution in [0.15, 0.2) is 35.2 Å². The van der Waals surface area contributed by atoms with E-state index in [1.165, 1.54) is 34.9 Å². The highest BCUT2D eigenvalue weighted by atomic mass is 32.2. The molecule has 2 amide bonds. The van der Waals surface area contributed by atoms with E-state index in [0.717, 1.165) is 42.8 Å². The molecule has 1 aliphatic heterocycles. The van der Waals surface area contributed by atoms with Gasteiger partial charge in [-0.3, -0.25) is 24.6 Å². The zero-order chi connectivity index (χ0) is 21.7. The number of nitro benzene ring substituents is 1. The van der Waals surface area contributed by atoms with Gasteiger partial charge in [-0.15, -0.1) is 18.2 Å². The predicted octanol–water partition coefficient (Wildman–Crippen LogP) is 3.65. The van der Waals surface area contributed by atoms with Crippen LogP contribution in [0.4, 0.5) is 11.4 Å². The Labute approximate surface area is 180 Å². The minimum Gasteiger partial charge on any atom is -0.351 e. The monoisotopic (exact) mass is 427 g/mol. The maximum absolute atomic E-state index is 13.4. The van der Waals surface area contributed by atoms with Crippen molar-refractivity contribution in [1.29, 1.82) is 0 Å². The van der Waals surface area contributed by atoms with Gasteiger partial charge in [-0.25, -0.2) is 0 Å². The fourth-order valence-electron chi connectivity index (χ4n) is 3.88. The second-order valence-electron chi connectivity index (χ2n) is 7.70. The summed E-state index contributed by atoms with van der Waals surface area (Å²) in [6.45, 7) is 2.04. The average molecular weight is 428 g/mol. The molecule has 2 unspecified atom stereocenters. The maximum Gasteiger partial charge on any atom is 0.303 e. The van der Waals surface area contributed by atoms with E-state index in [1.54, 1.807) is 6.07 Å². The molecule has 2 atom stereocenters. The minimum absolute atomic E-state index is 0.0612. The van der Waals surface area contributed by atoms with Crippen molar-refractivity contribution < 1.29 is 14.5 Å². The summed E-state index contributed by atoms with van der Waals surface area (Å²) in [6, 6.07) is 4.77. The molecule has 2 aliphatic rings. The number of nitrogens with one attached hydrogen (secondary N) is 1. The minimum atomic E-state index is -0.951. The highest BCUT2D eigenvalue weighted by Crippen LogP contribution is 2.36. The Kier molecular flexibility index (Phi) is 7.16. The Morgan fingerprint density at radius 2 is 2.07 bits per heavy atom. The molecule has 1 fully saturated rings. The lowest BCUT2D eigenvalue weighted by molar-refractivity contribution is -0.384. The number of anilines is 1. The highest BCUT2D eigenvalue weighted by molar-refractivity contribution is 8.03. The Balaban J connectivity index is 2.01. The third-order valence-electron chi connectivity index (χ3n) is 5.35. The number of benzene rings is 1. The van der Waals surface area contributed by atoms with Gasteiger partial charge in [0.2, 0.25) is 5.91 Å². The number of thioether (sulfide) groups is 1. The molecular formula is C22H25N3O4S. The van der Waals surface area contributed by atoms with Crippen LogP contribution in [0.2, 0.25) is 0 Å². The van der Waals surface area contributed by atoms with Crippen molar-refractivity contribution in [2.45, 2.75) is 51.1 Å². The first-order valence-electron chi connectivity index (χ1n) is 10.1. The van der Waals surface area contributed by atoms with Crippen molar-refractivity contribution in [1.82, 2.24) is 5.32 Å². The van der Waals surface area contributed by atoms with E-state index < -0.39 is 16.9 Å². The molecular weight excluding hydrogens is 402 g/mol. The van der Waals surface area contributed by atoms with Crippen molar-refractivity contribution in [3.63, 3.8) is 0 Å². The molecule has 1 N–H and O–H groups in total. The molecule has 1 aromatic rings. The largest absolute Gasteiger partial charge is 0.351 e. The van der Waals surface area contributed by atoms with E-state index in [2.05, 4.69) is 11.2 Å². The summed E-state index contributed by atoms with van der Waals surface area (Å²) in [7, 11) is 0. The van der Waals surface area contributed by atoms with Gasteiger partial charge >= 0.3 is 5.91 Å². The van der Waals surface area contributed by atoms with Crippen LogP contribution in [0.3, 0.4) is 0 Å². The third-order valence-corrected chi connectivity index (χ3v) is 6.74. The van der Waals surface area contributed by atoms with Crippen molar-refractivity contribution >= 4 is 35.0 Å². The number of hydrogen-bond donors (Lipinski definition) is 1. The van der Waals surface area contributed by atoms with Gasteiger partial charge in [0.15, 0.2) is 0 Å². The van der Waals surface area contributed by atoms with Gasteiger partial charge in [0, 0.05) is 28.8 Å². The summed E-state index contributed by atoms with van der Waals surface area (Å²) < 4.78 is 0. The van der Waals surface area contributed by atoms with Crippen molar-refractivity contribution in [2.24, 2.45) is 5.92 Å². The third kappa shape index (κ3) is 5.03. The summed E-state index contributed by atoms with van der Waals surface area (Å²) in [5, 5.41) is 14.3. The van der Waals surface area contributed by atoms with Gasteiger partial charge in [-0.1, -0.05) is 38.3 Å². The number of amides is 2.